The first kappa shape index (κ1) is 13.2. The molecule has 0 saturated heterocycles. The molecule has 0 aliphatic carbocycles. The van der Waals surface area contributed by atoms with Gasteiger partial charge in [-0.2, -0.15) is 0 Å². The number of nitro groups is 1. The summed E-state index contributed by atoms with van der Waals surface area (Å²) in [6.07, 6.45) is 1.44. The van der Waals surface area contributed by atoms with Crippen molar-refractivity contribution in [2.75, 3.05) is 0 Å². The van der Waals surface area contributed by atoms with E-state index in [0.717, 1.165) is 0 Å². The normalized spacial score (nSPS) is 12.4. The molecule has 19 heavy (non-hydrogen) atoms. The molecule has 0 aliphatic heterocycles. The summed E-state index contributed by atoms with van der Waals surface area (Å²) >= 11 is 0. The molecule has 1 aromatic carbocycles. The highest BCUT2D eigenvalue weighted by atomic mass is 16.6. The van der Waals surface area contributed by atoms with Gasteiger partial charge in [0.1, 0.15) is 5.69 Å². The number of aromatic nitrogens is 3. The Morgan fingerprint density at radius 1 is 1.53 bits per heavy atom. The zero-order chi connectivity index (χ0) is 14.0. The van der Waals surface area contributed by atoms with Crippen LogP contribution in [0.25, 0.3) is 5.69 Å². The fraction of sp³-hybridized carbons (Fsp3) is 0.333. The Bertz CT molecular complexity index is 609. The molecule has 1 atom stereocenters. The Kier molecular flexibility index (Phi) is 3.57. The van der Waals surface area contributed by atoms with Crippen molar-refractivity contribution in [3.05, 3.63) is 45.8 Å². The lowest BCUT2D eigenvalue weighted by atomic mass is 10.1. The van der Waals surface area contributed by atoms with Crippen LogP contribution < -0.4 is 0 Å². The molecule has 2 aromatic rings. The molecule has 100 valence electrons. The van der Waals surface area contributed by atoms with Crippen LogP contribution >= 0.6 is 0 Å². The van der Waals surface area contributed by atoms with Crippen molar-refractivity contribution < 1.29 is 10.0 Å². The van der Waals surface area contributed by atoms with Gasteiger partial charge in [-0.05, 0) is 19.4 Å². The second kappa shape index (κ2) is 5.15. The van der Waals surface area contributed by atoms with E-state index in [4.69, 9.17) is 0 Å². The van der Waals surface area contributed by atoms with Gasteiger partial charge in [0.2, 0.25) is 0 Å². The quantitative estimate of drug-likeness (QED) is 0.671. The molecule has 0 saturated carbocycles. The van der Waals surface area contributed by atoms with Gasteiger partial charge < -0.3 is 5.11 Å². The highest BCUT2D eigenvalue weighted by molar-refractivity contribution is 5.52. The molecule has 1 unspecified atom stereocenters. The van der Waals surface area contributed by atoms with E-state index in [-0.39, 0.29) is 5.69 Å². The maximum Gasteiger partial charge on any atom is 0.274 e. The van der Waals surface area contributed by atoms with Crippen LogP contribution in [0.3, 0.4) is 0 Å². The van der Waals surface area contributed by atoms with Gasteiger partial charge in [-0.15, -0.1) is 5.10 Å². The lowest BCUT2D eigenvalue weighted by Crippen LogP contribution is -2.01. The number of aliphatic hydroxyl groups excluding tert-OH is 1. The van der Waals surface area contributed by atoms with E-state index in [1.807, 2.05) is 6.92 Å². The third-order valence-electron chi connectivity index (χ3n) is 2.96. The first-order valence-corrected chi connectivity index (χ1v) is 5.89. The number of nitrogens with zero attached hydrogens (tertiary/aromatic N) is 4. The van der Waals surface area contributed by atoms with Crippen molar-refractivity contribution in [1.29, 1.82) is 0 Å². The first-order valence-electron chi connectivity index (χ1n) is 5.89. The van der Waals surface area contributed by atoms with Crippen LogP contribution in [0.5, 0.6) is 0 Å². The molecule has 7 heteroatoms. The topological polar surface area (TPSA) is 94.1 Å². The van der Waals surface area contributed by atoms with Gasteiger partial charge in [0, 0.05) is 6.07 Å². The number of nitro benzene ring substituents is 1. The standard InChI is InChI=1S/C12H14N4O3/c1-3-12(17)9-7-15(14-13-9)10-5-4-6-11(8(10)2)16(18)19/h4-7,12,17H,3H2,1-2H3. The summed E-state index contributed by atoms with van der Waals surface area (Å²) in [5, 5.41) is 28.3. The van der Waals surface area contributed by atoms with Crippen LogP contribution in [-0.2, 0) is 0 Å². The van der Waals surface area contributed by atoms with Crippen molar-refractivity contribution >= 4 is 5.69 Å². The van der Waals surface area contributed by atoms with Gasteiger partial charge in [-0.25, -0.2) is 4.68 Å². The average molecular weight is 262 g/mol. The highest BCUT2D eigenvalue weighted by Crippen LogP contribution is 2.24. The lowest BCUT2D eigenvalue weighted by Gasteiger charge is -2.05. The van der Waals surface area contributed by atoms with Gasteiger partial charge in [0.15, 0.2) is 0 Å². The molecule has 0 fully saturated rings. The largest absolute Gasteiger partial charge is 0.387 e. The van der Waals surface area contributed by atoms with E-state index in [2.05, 4.69) is 10.3 Å². The van der Waals surface area contributed by atoms with Gasteiger partial charge in [-0.1, -0.05) is 18.2 Å². The fourth-order valence-electron chi connectivity index (χ4n) is 1.81. The zero-order valence-electron chi connectivity index (χ0n) is 10.6. The summed E-state index contributed by atoms with van der Waals surface area (Å²) < 4.78 is 1.44. The van der Waals surface area contributed by atoms with Gasteiger partial charge in [0.05, 0.1) is 28.5 Å². The van der Waals surface area contributed by atoms with Gasteiger partial charge in [-0.3, -0.25) is 10.1 Å². The van der Waals surface area contributed by atoms with E-state index in [0.29, 0.717) is 23.4 Å². The van der Waals surface area contributed by atoms with Crippen LogP contribution in [0.1, 0.15) is 30.7 Å². The molecule has 0 amide bonds. The Morgan fingerprint density at radius 3 is 2.89 bits per heavy atom. The third-order valence-corrected chi connectivity index (χ3v) is 2.96. The minimum atomic E-state index is -0.673. The van der Waals surface area contributed by atoms with Crippen molar-refractivity contribution in [3.63, 3.8) is 0 Å². The van der Waals surface area contributed by atoms with E-state index in [1.54, 1.807) is 25.3 Å². The molecule has 0 bridgehead atoms. The van der Waals surface area contributed by atoms with E-state index >= 15 is 0 Å². The Morgan fingerprint density at radius 2 is 2.26 bits per heavy atom. The fourth-order valence-corrected chi connectivity index (χ4v) is 1.81. The Balaban J connectivity index is 2.45. The molecule has 0 radical (unpaired) electrons. The molecule has 2 rings (SSSR count). The average Bonchev–Trinajstić information content (AvgIpc) is 2.87. The van der Waals surface area contributed by atoms with Crippen molar-refractivity contribution in [2.24, 2.45) is 0 Å². The van der Waals surface area contributed by atoms with E-state index in [9.17, 15) is 15.2 Å². The molecular weight excluding hydrogens is 248 g/mol. The summed E-state index contributed by atoms with van der Waals surface area (Å²) in [4.78, 5) is 10.5. The summed E-state index contributed by atoms with van der Waals surface area (Å²) in [6.45, 7) is 3.49. The third kappa shape index (κ3) is 2.45. The second-order valence-electron chi connectivity index (χ2n) is 4.19. The number of aliphatic hydroxyl groups is 1. The van der Waals surface area contributed by atoms with Crippen LogP contribution in [-0.4, -0.2) is 25.0 Å². The second-order valence-corrected chi connectivity index (χ2v) is 4.19. The lowest BCUT2D eigenvalue weighted by molar-refractivity contribution is -0.385. The molecule has 1 aromatic heterocycles. The molecule has 0 aliphatic rings. The molecule has 1 N–H and O–H groups in total. The number of hydrogen-bond acceptors (Lipinski definition) is 5. The first-order chi connectivity index (χ1) is 9.04. The van der Waals surface area contributed by atoms with Gasteiger partial charge >= 0.3 is 0 Å². The Labute approximate surface area is 109 Å². The molecule has 0 spiro atoms. The summed E-state index contributed by atoms with van der Waals surface area (Å²) in [5.74, 6) is 0. The number of hydrogen-bond donors (Lipinski definition) is 1. The van der Waals surface area contributed by atoms with Crippen LogP contribution in [0.2, 0.25) is 0 Å². The van der Waals surface area contributed by atoms with Crippen molar-refractivity contribution in [1.82, 2.24) is 15.0 Å². The van der Waals surface area contributed by atoms with Crippen LogP contribution in [0.15, 0.2) is 24.4 Å². The van der Waals surface area contributed by atoms with E-state index in [1.165, 1.54) is 10.7 Å². The summed E-state index contributed by atoms with van der Waals surface area (Å²) in [6, 6.07) is 4.76. The molecule has 1 heterocycles. The highest BCUT2D eigenvalue weighted by Gasteiger charge is 2.16. The summed E-state index contributed by atoms with van der Waals surface area (Å²) in [5.41, 5.74) is 1.57. The molecular formula is C12H14N4O3. The maximum absolute atomic E-state index is 10.9. The summed E-state index contributed by atoms with van der Waals surface area (Å²) in [7, 11) is 0. The number of rotatable bonds is 4. The van der Waals surface area contributed by atoms with Crippen molar-refractivity contribution in [2.45, 2.75) is 26.4 Å². The predicted octanol–water partition coefficient (Wildman–Crippen LogP) is 1.93. The van der Waals surface area contributed by atoms with Crippen molar-refractivity contribution in [3.8, 4) is 5.69 Å². The Hall–Kier alpha value is -2.28. The van der Waals surface area contributed by atoms with Gasteiger partial charge in [0.25, 0.3) is 5.69 Å². The zero-order valence-corrected chi connectivity index (χ0v) is 10.6. The maximum atomic E-state index is 10.9. The number of benzene rings is 1. The van der Waals surface area contributed by atoms with E-state index < -0.39 is 11.0 Å². The minimum absolute atomic E-state index is 0.0330. The monoisotopic (exact) mass is 262 g/mol. The predicted molar refractivity (Wildman–Crippen MR) is 68.0 cm³/mol. The van der Waals surface area contributed by atoms with Crippen LogP contribution in [0, 0.1) is 17.0 Å². The SMILES string of the molecule is CCC(O)c1cn(-c2cccc([N+](=O)[O-])c2C)nn1. The minimum Gasteiger partial charge on any atom is -0.387 e. The smallest absolute Gasteiger partial charge is 0.274 e. The molecule has 7 nitrogen and oxygen atoms in total. The van der Waals surface area contributed by atoms with Crippen LogP contribution in [0.4, 0.5) is 5.69 Å².